The van der Waals surface area contributed by atoms with Crippen LogP contribution in [-0.4, -0.2) is 69.9 Å². The van der Waals surface area contributed by atoms with E-state index in [9.17, 15) is 22.4 Å². The fourth-order valence-corrected chi connectivity index (χ4v) is 0.247. The first-order chi connectivity index (χ1) is 4.33. The van der Waals surface area contributed by atoms with Gasteiger partial charge in [0.1, 0.15) is 0 Å². The van der Waals surface area contributed by atoms with Crippen molar-refractivity contribution in [2.75, 3.05) is 0 Å². The number of hydrogen-bond acceptors (Lipinski definition) is 2. The van der Waals surface area contributed by atoms with Gasteiger partial charge in [-0.05, 0) is 6.92 Å². The van der Waals surface area contributed by atoms with E-state index in [1.165, 1.54) is 0 Å². The molecule has 0 aromatic carbocycles. The van der Waals surface area contributed by atoms with Crippen molar-refractivity contribution in [3.05, 3.63) is 0 Å². The molecule has 11 heavy (non-hydrogen) atoms. The third kappa shape index (κ3) is 8.90. The maximum atomic E-state index is 11.4. The van der Waals surface area contributed by atoms with E-state index in [1.54, 1.807) is 0 Å². The van der Waals surface area contributed by atoms with Gasteiger partial charge in [0, 0.05) is 0 Å². The SMILES string of the molecule is CC(OC(F)(F)F)C(=O)F.[KH]. The molecule has 0 N–H and O–H groups in total. The van der Waals surface area contributed by atoms with Crippen LogP contribution in [0.25, 0.3) is 0 Å². The number of carbonyl (C=O) groups is 1. The van der Waals surface area contributed by atoms with Gasteiger partial charge in [-0.3, -0.25) is 9.53 Å². The number of ether oxygens (including phenoxy) is 1. The van der Waals surface area contributed by atoms with Crippen LogP contribution in [0.2, 0.25) is 0 Å². The van der Waals surface area contributed by atoms with Crippen LogP contribution < -0.4 is 0 Å². The summed E-state index contributed by atoms with van der Waals surface area (Å²) in [4.78, 5) is 9.53. The summed E-state index contributed by atoms with van der Waals surface area (Å²) in [5.41, 5.74) is 0. The van der Waals surface area contributed by atoms with E-state index >= 15 is 0 Å². The molecule has 0 aromatic rings. The van der Waals surface area contributed by atoms with E-state index in [0.29, 0.717) is 6.92 Å². The van der Waals surface area contributed by atoms with Crippen molar-refractivity contribution in [3.63, 3.8) is 0 Å². The second kappa shape index (κ2) is 5.60. The Labute approximate surface area is 103 Å². The van der Waals surface area contributed by atoms with Crippen molar-refractivity contribution in [2.24, 2.45) is 0 Å². The summed E-state index contributed by atoms with van der Waals surface area (Å²) in [5, 5.41) is 0. The number of rotatable bonds is 2. The molecule has 0 saturated carbocycles. The second-order valence-corrected chi connectivity index (χ2v) is 1.51. The first-order valence-corrected chi connectivity index (χ1v) is 2.27. The van der Waals surface area contributed by atoms with Gasteiger partial charge < -0.3 is 0 Å². The van der Waals surface area contributed by atoms with Gasteiger partial charge in [0.25, 0.3) is 0 Å². The van der Waals surface area contributed by atoms with E-state index < -0.39 is 18.5 Å². The molecule has 2 nitrogen and oxygen atoms in total. The Kier molecular flexibility index (Phi) is 7.39. The van der Waals surface area contributed by atoms with Crippen LogP contribution in [0.3, 0.4) is 0 Å². The Bertz CT molecular complexity index is 135. The molecule has 62 valence electrons. The molecular weight excluding hydrogens is 195 g/mol. The molecule has 0 aliphatic carbocycles. The van der Waals surface area contributed by atoms with Crippen LogP contribution in [0.15, 0.2) is 0 Å². The number of halogens is 4. The summed E-state index contributed by atoms with van der Waals surface area (Å²) in [6.45, 7) is 0.676. The second-order valence-electron chi connectivity index (χ2n) is 1.51. The van der Waals surface area contributed by atoms with E-state index in [0.717, 1.165) is 0 Å². The normalized spacial score (nSPS) is 13.5. The quantitative estimate of drug-likeness (QED) is 0.373. The molecule has 0 spiro atoms. The average Bonchev–Trinajstić information content (AvgIpc) is 1.60. The van der Waals surface area contributed by atoms with Crippen molar-refractivity contribution < 1.29 is 27.1 Å². The molecule has 0 aliphatic heterocycles. The zero-order chi connectivity index (χ0) is 8.36. The van der Waals surface area contributed by atoms with Crippen molar-refractivity contribution in [3.8, 4) is 0 Å². The van der Waals surface area contributed by atoms with E-state index in [1.807, 2.05) is 0 Å². The number of carbonyl (C=O) groups excluding carboxylic acids is 1. The molecule has 1 atom stereocenters. The predicted molar refractivity (Wildman–Crippen MR) is 29.9 cm³/mol. The standard InChI is InChI=1S/C4H4F4O2.K.H/c1-2(3(5)9)10-4(6,7)8;;/h2H,1H3;;. The zero-order valence-electron chi connectivity index (χ0n) is 4.91. The van der Waals surface area contributed by atoms with Gasteiger partial charge in [0.05, 0.1) is 0 Å². The third-order valence-electron chi connectivity index (χ3n) is 0.630. The van der Waals surface area contributed by atoms with Crippen molar-refractivity contribution in [1.82, 2.24) is 0 Å². The van der Waals surface area contributed by atoms with Gasteiger partial charge in [-0.15, -0.1) is 13.2 Å². The summed E-state index contributed by atoms with van der Waals surface area (Å²) >= 11 is 0. The average molecular weight is 200 g/mol. The molecule has 0 heterocycles. The molecule has 0 fully saturated rings. The third-order valence-corrected chi connectivity index (χ3v) is 0.630. The van der Waals surface area contributed by atoms with Crippen LogP contribution in [0.4, 0.5) is 17.6 Å². The van der Waals surface area contributed by atoms with Gasteiger partial charge >= 0.3 is 63.8 Å². The molecule has 0 aliphatic rings. The van der Waals surface area contributed by atoms with Crippen LogP contribution in [-0.2, 0) is 9.53 Å². The summed E-state index contributed by atoms with van der Waals surface area (Å²) in [7, 11) is 0. The molecule has 0 radical (unpaired) electrons. The minimum absolute atomic E-state index is 0. The minimum atomic E-state index is -4.96. The number of hydrogen-bond donors (Lipinski definition) is 0. The van der Waals surface area contributed by atoms with Crippen LogP contribution >= 0.6 is 0 Å². The fraction of sp³-hybridized carbons (Fsp3) is 0.750. The van der Waals surface area contributed by atoms with Crippen molar-refractivity contribution >= 4 is 57.4 Å². The Morgan fingerprint density at radius 1 is 1.45 bits per heavy atom. The van der Waals surface area contributed by atoms with Crippen molar-refractivity contribution in [1.29, 1.82) is 0 Å². The van der Waals surface area contributed by atoms with E-state index in [2.05, 4.69) is 4.74 Å². The summed E-state index contributed by atoms with van der Waals surface area (Å²) in [5.74, 6) is 0. The predicted octanol–water partition coefficient (Wildman–Crippen LogP) is 0.759. The molecule has 0 bridgehead atoms. The van der Waals surface area contributed by atoms with Crippen molar-refractivity contribution in [2.45, 2.75) is 19.4 Å². The van der Waals surface area contributed by atoms with E-state index in [4.69, 9.17) is 0 Å². The van der Waals surface area contributed by atoms with Gasteiger partial charge in [-0.25, -0.2) is 0 Å². The topological polar surface area (TPSA) is 26.3 Å². The number of alkyl halides is 3. The van der Waals surface area contributed by atoms with Crippen LogP contribution in [0, 0.1) is 0 Å². The maximum absolute atomic E-state index is 11.4. The molecule has 0 rings (SSSR count). The Morgan fingerprint density at radius 2 is 1.82 bits per heavy atom. The van der Waals surface area contributed by atoms with Crippen LogP contribution in [0.5, 0.6) is 0 Å². The molecule has 7 heteroatoms. The Balaban J connectivity index is 0. The fourth-order valence-electron chi connectivity index (χ4n) is 0.247. The Morgan fingerprint density at radius 3 is 1.91 bits per heavy atom. The van der Waals surface area contributed by atoms with Gasteiger partial charge in [-0.1, -0.05) is 0 Å². The molecule has 0 saturated heterocycles. The Hall–Kier alpha value is 0.986. The molecular formula is C4H5F4KO2. The monoisotopic (exact) mass is 200 g/mol. The van der Waals surface area contributed by atoms with Crippen LogP contribution in [0.1, 0.15) is 6.92 Å². The first-order valence-electron chi connectivity index (χ1n) is 2.27. The summed E-state index contributed by atoms with van der Waals surface area (Å²) in [6, 6.07) is -2.14. The van der Waals surface area contributed by atoms with Gasteiger partial charge in [0.2, 0.25) is 0 Å². The van der Waals surface area contributed by atoms with Gasteiger partial charge in [-0.2, -0.15) is 4.39 Å². The first kappa shape index (κ1) is 14.5. The summed E-state index contributed by atoms with van der Waals surface area (Å²) < 4.78 is 47.7. The molecule has 0 amide bonds. The summed E-state index contributed by atoms with van der Waals surface area (Å²) in [6.07, 6.45) is -7.03. The zero-order valence-corrected chi connectivity index (χ0v) is 4.91. The van der Waals surface area contributed by atoms with Gasteiger partial charge in [0.15, 0.2) is 6.10 Å². The van der Waals surface area contributed by atoms with E-state index in [-0.39, 0.29) is 51.4 Å². The molecule has 1 unspecified atom stereocenters. The molecule has 0 aromatic heterocycles.